The first-order valence-electron chi connectivity index (χ1n) is 9.98. The Hall–Kier alpha value is -2.89. The number of carbonyl (C=O) groups excluding carboxylic acids is 2. The van der Waals surface area contributed by atoms with E-state index in [1.165, 1.54) is 30.3 Å². The minimum Gasteiger partial charge on any atom is -0.379 e. The lowest BCUT2D eigenvalue weighted by Crippen LogP contribution is -2.40. The van der Waals surface area contributed by atoms with Crippen molar-refractivity contribution in [3.8, 4) is 0 Å². The summed E-state index contributed by atoms with van der Waals surface area (Å²) in [5, 5.41) is 5.17. The van der Waals surface area contributed by atoms with Crippen LogP contribution in [0.5, 0.6) is 0 Å². The minimum absolute atomic E-state index is 0.0482. The first-order valence-corrected chi connectivity index (χ1v) is 11.4. The molecule has 2 aromatic rings. The molecule has 3 rings (SSSR count). The summed E-state index contributed by atoms with van der Waals surface area (Å²) in [5.74, 6) is -2.15. The number of nitrogens with zero attached hydrogens (tertiary/aromatic N) is 1. The van der Waals surface area contributed by atoms with Gasteiger partial charge >= 0.3 is 0 Å². The predicted molar refractivity (Wildman–Crippen MR) is 113 cm³/mol. The van der Waals surface area contributed by atoms with Crippen LogP contribution in [-0.2, 0) is 19.6 Å². The van der Waals surface area contributed by atoms with Gasteiger partial charge < -0.3 is 15.4 Å². The molecule has 0 spiro atoms. The Balaban J connectivity index is 1.52. The Morgan fingerprint density at radius 1 is 1.03 bits per heavy atom. The van der Waals surface area contributed by atoms with Crippen LogP contribution in [0, 0.1) is 11.6 Å². The number of halogens is 2. The molecule has 32 heavy (non-hydrogen) atoms. The van der Waals surface area contributed by atoms with E-state index in [9.17, 15) is 26.8 Å². The fraction of sp³-hybridized carbons (Fsp3) is 0.333. The monoisotopic (exact) mass is 467 g/mol. The smallest absolute Gasteiger partial charge is 0.251 e. The minimum atomic E-state index is -4.05. The van der Waals surface area contributed by atoms with E-state index in [2.05, 4.69) is 10.6 Å². The van der Waals surface area contributed by atoms with Gasteiger partial charge in [-0.25, -0.2) is 17.2 Å². The van der Waals surface area contributed by atoms with Gasteiger partial charge in [0.15, 0.2) is 0 Å². The molecule has 0 saturated carbocycles. The quantitative estimate of drug-likeness (QED) is 0.579. The third-order valence-corrected chi connectivity index (χ3v) is 6.69. The van der Waals surface area contributed by atoms with Crippen molar-refractivity contribution < 1.29 is 31.5 Å². The highest BCUT2D eigenvalue weighted by Crippen LogP contribution is 2.24. The Bertz CT molecular complexity index is 1070. The highest BCUT2D eigenvalue weighted by molar-refractivity contribution is 7.89. The van der Waals surface area contributed by atoms with Crippen molar-refractivity contribution in [2.45, 2.75) is 17.7 Å². The first-order chi connectivity index (χ1) is 15.3. The number of carbonyl (C=O) groups is 2. The fourth-order valence-corrected chi connectivity index (χ4v) is 4.58. The molecule has 1 aliphatic heterocycles. The van der Waals surface area contributed by atoms with Gasteiger partial charge in [0, 0.05) is 37.3 Å². The van der Waals surface area contributed by atoms with E-state index in [4.69, 9.17) is 4.74 Å². The number of anilines is 1. The SMILES string of the molecule is O=C(CCCNC(=O)c1ccc(F)cc1)Nc1ccc(F)c(S(=O)(=O)N2CCOCC2)c1. The van der Waals surface area contributed by atoms with Gasteiger partial charge in [0.05, 0.1) is 13.2 Å². The summed E-state index contributed by atoms with van der Waals surface area (Å²) >= 11 is 0. The molecule has 11 heteroatoms. The Labute approximate surface area is 184 Å². The van der Waals surface area contributed by atoms with Crippen molar-refractivity contribution in [1.29, 1.82) is 0 Å². The standard InChI is InChI=1S/C21H23F2N3O5S/c22-16-5-3-15(4-6-16)21(28)24-9-1-2-20(27)25-17-7-8-18(23)19(14-17)32(29,30)26-10-12-31-13-11-26/h3-8,14H,1-2,9-13H2,(H,24,28)(H,25,27). The average molecular weight is 467 g/mol. The number of amides is 2. The molecule has 2 N–H and O–H groups in total. The van der Waals surface area contributed by atoms with E-state index < -0.39 is 32.5 Å². The zero-order valence-electron chi connectivity index (χ0n) is 17.1. The number of nitrogens with one attached hydrogen (secondary N) is 2. The van der Waals surface area contributed by atoms with Crippen molar-refractivity contribution in [3.63, 3.8) is 0 Å². The van der Waals surface area contributed by atoms with Gasteiger partial charge in [-0.2, -0.15) is 4.31 Å². The summed E-state index contributed by atoms with van der Waals surface area (Å²) < 4.78 is 58.8. The summed E-state index contributed by atoms with van der Waals surface area (Å²) in [4.78, 5) is 23.6. The van der Waals surface area contributed by atoms with E-state index in [1.807, 2.05) is 0 Å². The van der Waals surface area contributed by atoms with Crippen LogP contribution in [0.4, 0.5) is 14.5 Å². The lowest BCUT2D eigenvalue weighted by Gasteiger charge is -2.26. The molecule has 2 aromatic carbocycles. The summed E-state index contributed by atoms with van der Waals surface area (Å²) in [6, 6.07) is 8.43. The molecule has 0 atom stereocenters. The molecule has 0 unspecified atom stereocenters. The van der Waals surface area contributed by atoms with Gasteiger partial charge in [-0.3, -0.25) is 9.59 Å². The number of hydrogen-bond donors (Lipinski definition) is 2. The topological polar surface area (TPSA) is 105 Å². The molecule has 0 radical (unpaired) electrons. The molecule has 1 heterocycles. The van der Waals surface area contributed by atoms with Crippen molar-refractivity contribution in [3.05, 3.63) is 59.7 Å². The van der Waals surface area contributed by atoms with Gasteiger partial charge in [0.1, 0.15) is 16.5 Å². The molecule has 172 valence electrons. The van der Waals surface area contributed by atoms with Gasteiger partial charge in [-0.1, -0.05) is 0 Å². The van der Waals surface area contributed by atoms with Crippen LogP contribution in [0.2, 0.25) is 0 Å². The van der Waals surface area contributed by atoms with E-state index in [1.54, 1.807) is 0 Å². The lowest BCUT2D eigenvalue weighted by atomic mass is 10.2. The van der Waals surface area contributed by atoms with Crippen molar-refractivity contribution in [2.75, 3.05) is 38.2 Å². The van der Waals surface area contributed by atoms with Gasteiger partial charge in [0.2, 0.25) is 15.9 Å². The van der Waals surface area contributed by atoms with E-state index in [0.29, 0.717) is 12.0 Å². The van der Waals surface area contributed by atoms with Gasteiger partial charge in [-0.05, 0) is 48.9 Å². The third kappa shape index (κ3) is 6.09. The zero-order chi connectivity index (χ0) is 23.1. The highest BCUT2D eigenvalue weighted by atomic mass is 32.2. The molecular formula is C21H23F2N3O5S. The number of rotatable bonds is 8. The highest BCUT2D eigenvalue weighted by Gasteiger charge is 2.29. The lowest BCUT2D eigenvalue weighted by molar-refractivity contribution is -0.116. The van der Waals surface area contributed by atoms with E-state index in [-0.39, 0.29) is 50.9 Å². The molecule has 8 nitrogen and oxygen atoms in total. The molecule has 2 amide bonds. The normalized spacial score (nSPS) is 14.7. The maximum Gasteiger partial charge on any atom is 0.251 e. The van der Waals surface area contributed by atoms with Crippen LogP contribution >= 0.6 is 0 Å². The van der Waals surface area contributed by atoms with Gasteiger partial charge in [-0.15, -0.1) is 0 Å². The van der Waals surface area contributed by atoms with Crippen molar-refractivity contribution in [2.24, 2.45) is 0 Å². The van der Waals surface area contributed by atoms with E-state index >= 15 is 0 Å². The van der Waals surface area contributed by atoms with E-state index in [0.717, 1.165) is 16.4 Å². The molecular weight excluding hydrogens is 444 g/mol. The second-order valence-electron chi connectivity index (χ2n) is 7.08. The third-order valence-electron chi connectivity index (χ3n) is 4.78. The summed E-state index contributed by atoms with van der Waals surface area (Å²) in [5.41, 5.74) is 0.453. The Morgan fingerprint density at radius 2 is 1.72 bits per heavy atom. The Morgan fingerprint density at radius 3 is 2.41 bits per heavy atom. The summed E-state index contributed by atoms with van der Waals surface area (Å²) in [6.45, 7) is 0.928. The van der Waals surface area contributed by atoms with Crippen LogP contribution in [0.15, 0.2) is 47.4 Å². The van der Waals surface area contributed by atoms with Crippen LogP contribution in [0.25, 0.3) is 0 Å². The maximum atomic E-state index is 14.2. The summed E-state index contributed by atoms with van der Waals surface area (Å²) in [6.07, 6.45) is 0.367. The Kier molecular flexibility index (Phi) is 7.89. The number of ether oxygens (including phenoxy) is 1. The van der Waals surface area contributed by atoms with Crippen LogP contribution in [0.1, 0.15) is 23.2 Å². The largest absolute Gasteiger partial charge is 0.379 e. The molecule has 0 aromatic heterocycles. The van der Waals surface area contributed by atoms with Crippen LogP contribution in [0.3, 0.4) is 0 Å². The van der Waals surface area contributed by atoms with Crippen molar-refractivity contribution in [1.82, 2.24) is 9.62 Å². The summed E-state index contributed by atoms with van der Waals surface area (Å²) in [7, 11) is -4.05. The molecule has 1 aliphatic rings. The maximum absolute atomic E-state index is 14.2. The average Bonchev–Trinajstić information content (AvgIpc) is 2.79. The zero-order valence-corrected chi connectivity index (χ0v) is 18.0. The van der Waals surface area contributed by atoms with Crippen LogP contribution < -0.4 is 10.6 Å². The van der Waals surface area contributed by atoms with Gasteiger partial charge in [0.25, 0.3) is 5.91 Å². The number of morpholine rings is 1. The second-order valence-corrected chi connectivity index (χ2v) is 8.98. The fourth-order valence-electron chi connectivity index (χ4n) is 3.08. The van der Waals surface area contributed by atoms with Crippen molar-refractivity contribution >= 4 is 27.5 Å². The number of hydrogen-bond acceptors (Lipinski definition) is 5. The molecule has 0 aliphatic carbocycles. The predicted octanol–water partition coefficient (Wildman–Crippen LogP) is 2.13. The molecule has 1 fully saturated rings. The molecule has 1 saturated heterocycles. The second kappa shape index (κ2) is 10.6. The first kappa shape index (κ1) is 23.8. The van der Waals surface area contributed by atoms with Crippen LogP contribution in [-0.4, -0.2) is 57.4 Å². The number of sulfonamides is 1. The number of benzene rings is 2. The molecule has 0 bridgehead atoms.